The molecule has 8 heteroatoms. The predicted molar refractivity (Wildman–Crippen MR) is 97.9 cm³/mol. The van der Waals surface area contributed by atoms with Gasteiger partial charge in [0.25, 0.3) is 5.91 Å². The molecule has 0 aliphatic heterocycles. The first kappa shape index (κ1) is 15.2. The Balaban J connectivity index is 1.84. The van der Waals surface area contributed by atoms with Gasteiger partial charge in [0, 0.05) is 5.39 Å². The van der Waals surface area contributed by atoms with Crippen LogP contribution in [0.3, 0.4) is 0 Å². The average molecular weight is 373 g/mol. The van der Waals surface area contributed by atoms with Gasteiger partial charge in [-0.25, -0.2) is 4.98 Å². The van der Waals surface area contributed by atoms with Crippen molar-refractivity contribution in [2.24, 2.45) is 0 Å². The number of para-hydroxylation sites is 1. The molecule has 0 fully saturated rings. The van der Waals surface area contributed by atoms with Gasteiger partial charge < -0.3 is 0 Å². The molecule has 0 atom stereocenters. The van der Waals surface area contributed by atoms with Crippen LogP contribution in [-0.2, 0) is 0 Å². The average Bonchev–Trinajstić information content (AvgIpc) is 3.25. The molecule has 3 heterocycles. The van der Waals surface area contributed by atoms with Gasteiger partial charge in [-0.2, -0.15) is 0 Å². The minimum atomic E-state index is -0.241. The van der Waals surface area contributed by atoms with Crippen LogP contribution in [-0.4, -0.2) is 21.1 Å². The van der Waals surface area contributed by atoms with E-state index in [1.54, 1.807) is 11.6 Å². The number of carbonyl (C=O) groups is 1. The van der Waals surface area contributed by atoms with Crippen molar-refractivity contribution < 1.29 is 4.79 Å². The summed E-state index contributed by atoms with van der Waals surface area (Å²) in [6, 6.07) is 13.0. The zero-order valence-electron chi connectivity index (χ0n) is 12.1. The highest BCUT2D eigenvalue weighted by Gasteiger charge is 2.15. The summed E-state index contributed by atoms with van der Waals surface area (Å²) >= 11 is 8.72. The highest BCUT2D eigenvalue weighted by molar-refractivity contribution is 7.19. The van der Waals surface area contributed by atoms with Crippen LogP contribution in [0.4, 0.5) is 5.13 Å². The van der Waals surface area contributed by atoms with Gasteiger partial charge in [-0.15, -0.1) is 21.5 Å². The molecule has 24 heavy (non-hydrogen) atoms. The van der Waals surface area contributed by atoms with Gasteiger partial charge in [0.2, 0.25) is 5.13 Å². The second-order valence-corrected chi connectivity index (χ2v) is 7.42. The summed E-state index contributed by atoms with van der Waals surface area (Å²) in [5, 5.41) is 11.6. The molecule has 4 rings (SSSR count). The Hall–Kier alpha value is -2.35. The molecule has 1 N–H and O–H groups in total. The standard InChI is InChI=1S/C16H9ClN4OS2/c17-14-6-5-13(24-14)12-7-10(9-3-1-2-4-11(9)19-12)15(22)20-16-21-18-8-23-16/h1-8H,(H,20,21,22). The molecule has 1 aromatic carbocycles. The summed E-state index contributed by atoms with van der Waals surface area (Å²) in [5.41, 5.74) is 3.57. The lowest BCUT2D eigenvalue weighted by atomic mass is 10.1. The predicted octanol–water partition coefficient (Wildman–Crippen LogP) is 4.72. The van der Waals surface area contributed by atoms with Crippen LogP contribution < -0.4 is 5.32 Å². The number of hydrogen-bond acceptors (Lipinski definition) is 6. The SMILES string of the molecule is O=C(Nc1nncs1)c1cc(-c2ccc(Cl)s2)nc2ccccc12. The van der Waals surface area contributed by atoms with E-state index in [-0.39, 0.29) is 5.91 Å². The van der Waals surface area contributed by atoms with Gasteiger partial charge in [0.1, 0.15) is 5.51 Å². The van der Waals surface area contributed by atoms with E-state index in [0.717, 1.165) is 15.8 Å². The number of aromatic nitrogens is 3. The monoisotopic (exact) mass is 372 g/mol. The molecule has 5 nitrogen and oxygen atoms in total. The highest BCUT2D eigenvalue weighted by Crippen LogP contribution is 2.32. The molecule has 4 aromatic rings. The summed E-state index contributed by atoms with van der Waals surface area (Å²) in [6.45, 7) is 0. The fraction of sp³-hybridized carbons (Fsp3) is 0. The molecule has 0 saturated heterocycles. The third-order valence-electron chi connectivity index (χ3n) is 3.37. The van der Waals surface area contributed by atoms with E-state index in [0.29, 0.717) is 20.7 Å². The Morgan fingerprint density at radius 3 is 2.79 bits per heavy atom. The van der Waals surface area contributed by atoms with Crippen LogP contribution in [0.15, 0.2) is 48.0 Å². The minimum Gasteiger partial charge on any atom is -0.296 e. The molecule has 0 aliphatic carbocycles. The second kappa shape index (κ2) is 6.27. The number of hydrogen-bond donors (Lipinski definition) is 1. The van der Waals surface area contributed by atoms with Crippen LogP contribution >= 0.6 is 34.3 Å². The van der Waals surface area contributed by atoms with E-state index in [9.17, 15) is 4.79 Å². The normalized spacial score (nSPS) is 10.9. The maximum Gasteiger partial charge on any atom is 0.258 e. The van der Waals surface area contributed by atoms with Crippen molar-refractivity contribution in [1.29, 1.82) is 0 Å². The van der Waals surface area contributed by atoms with Gasteiger partial charge >= 0.3 is 0 Å². The van der Waals surface area contributed by atoms with Gasteiger partial charge in [-0.05, 0) is 24.3 Å². The van der Waals surface area contributed by atoms with Crippen molar-refractivity contribution in [1.82, 2.24) is 15.2 Å². The lowest BCUT2D eigenvalue weighted by molar-refractivity contribution is 0.102. The van der Waals surface area contributed by atoms with Crippen molar-refractivity contribution in [2.45, 2.75) is 0 Å². The number of anilines is 1. The van der Waals surface area contributed by atoms with Gasteiger partial charge in [0.15, 0.2) is 0 Å². The van der Waals surface area contributed by atoms with Gasteiger partial charge in [0.05, 0.1) is 26.0 Å². The van der Waals surface area contributed by atoms with Gasteiger partial charge in [-0.1, -0.05) is 41.1 Å². The van der Waals surface area contributed by atoms with E-state index in [1.165, 1.54) is 22.7 Å². The number of thiophene rings is 1. The van der Waals surface area contributed by atoms with E-state index in [4.69, 9.17) is 11.6 Å². The summed E-state index contributed by atoms with van der Waals surface area (Å²) in [6.07, 6.45) is 0. The largest absolute Gasteiger partial charge is 0.296 e. The van der Waals surface area contributed by atoms with Crippen LogP contribution in [0.1, 0.15) is 10.4 Å². The number of pyridine rings is 1. The summed E-state index contributed by atoms with van der Waals surface area (Å²) in [4.78, 5) is 18.3. The number of benzene rings is 1. The number of fused-ring (bicyclic) bond motifs is 1. The van der Waals surface area contributed by atoms with Crippen LogP contribution in [0.25, 0.3) is 21.5 Å². The molecule has 0 unspecified atom stereocenters. The fourth-order valence-electron chi connectivity index (χ4n) is 2.33. The van der Waals surface area contributed by atoms with Crippen molar-refractivity contribution >= 4 is 56.2 Å². The third kappa shape index (κ3) is 2.89. The summed E-state index contributed by atoms with van der Waals surface area (Å²) in [5.74, 6) is -0.241. The minimum absolute atomic E-state index is 0.241. The lowest BCUT2D eigenvalue weighted by Crippen LogP contribution is -2.13. The first-order chi connectivity index (χ1) is 11.7. The molecular weight excluding hydrogens is 364 g/mol. The Morgan fingerprint density at radius 2 is 2.04 bits per heavy atom. The summed E-state index contributed by atoms with van der Waals surface area (Å²) < 4.78 is 0.680. The van der Waals surface area contributed by atoms with Crippen LogP contribution in [0.2, 0.25) is 4.34 Å². The van der Waals surface area contributed by atoms with E-state index >= 15 is 0 Å². The van der Waals surface area contributed by atoms with Gasteiger partial charge in [-0.3, -0.25) is 10.1 Å². The Morgan fingerprint density at radius 1 is 1.17 bits per heavy atom. The maximum absolute atomic E-state index is 12.7. The van der Waals surface area contributed by atoms with E-state index < -0.39 is 0 Å². The molecule has 1 amide bonds. The number of rotatable bonds is 3. The number of carbonyl (C=O) groups excluding carboxylic acids is 1. The Labute approximate surface area is 150 Å². The number of halogens is 1. The molecule has 0 radical (unpaired) electrons. The van der Waals surface area contributed by atoms with Crippen molar-refractivity contribution in [3.8, 4) is 10.6 Å². The fourth-order valence-corrected chi connectivity index (χ4v) is 3.78. The molecule has 3 aromatic heterocycles. The zero-order chi connectivity index (χ0) is 16.5. The molecular formula is C16H9ClN4OS2. The first-order valence-electron chi connectivity index (χ1n) is 6.94. The molecule has 0 spiro atoms. The summed E-state index contributed by atoms with van der Waals surface area (Å²) in [7, 11) is 0. The van der Waals surface area contributed by atoms with Crippen LogP contribution in [0, 0.1) is 0 Å². The number of amides is 1. The molecule has 0 saturated carbocycles. The number of nitrogens with one attached hydrogen (secondary N) is 1. The molecule has 0 aliphatic rings. The topological polar surface area (TPSA) is 67.8 Å². The first-order valence-corrected chi connectivity index (χ1v) is 9.01. The van der Waals surface area contributed by atoms with E-state index in [2.05, 4.69) is 20.5 Å². The second-order valence-electron chi connectivity index (χ2n) is 4.87. The zero-order valence-corrected chi connectivity index (χ0v) is 14.5. The Kier molecular flexibility index (Phi) is 3.97. The maximum atomic E-state index is 12.7. The third-order valence-corrected chi connectivity index (χ3v) is 5.23. The van der Waals surface area contributed by atoms with E-state index in [1.807, 2.05) is 36.4 Å². The van der Waals surface area contributed by atoms with Crippen molar-refractivity contribution in [3.05, 3.63) is 57.9 Å². The molecule has 0 bridgehead atoms. The number of nitrogens with zero attached hydrogens (tertiary/aromatic N) is 3. The Bertz CT molecular complexity index is 1030. The quantitative estimate of drug-likeness (QED) is 0.565. The van der Waals surface area contributed by atoms with Crippen molar-refractivity contribution in [3.63, 3.8) is 0 Å². The lowest BCUT2D eigenvalue weighted by Gasteiger charge is -2.08. The van der Waals surface area contributed by atoms with Crippen LogP contribution in [0.5, 0.6) is 0 Å². The smallest absolute Gasteiger partial charge is 0.258 e. The molecule has 118 valence electrons. The van der Waals surface area contributed by atoms with Crippen molar-refractivity contribution in [2.75, 3.05) is 5.32 Å². The highest BCUT2D eigenvalue weighted by atomic mass is 35.5.